The average molecular weight is 608 g/mol. The Kier molecular flexibility index (Phi) is 21.7. The van der Waals surface area contributed by atoms with Crippen LogP contribution in [0.5, 0.6) is 5.75 Å². The van der Waals surface area contributed by atoms with E-state index in [1.54, 1.807) is 30.5 Å². The van der Waals surface area contributed by atoms with E-state index >= 15 is 0 Å². The number of thioether (sulfide) groups is 1. The third-order valence-corrected chi connectivity index (χ3v) is 7.03. The lowest BCUT2D eigenvalue weighted by molar-refractivity contribution is -0.127. The Hall–Kier alpha value is -2.95. The number of hydrogen-bond acceptors (Lipinski definition) is 7. The Labute approximate surface area is 256 Å². The monoisotopic (exact) mass is 607 g/mol. The Bertz CT molecular complexity index is 900. The molecular formula is C31H53N5O5S. The first-order valence-electron chi connectivity index (χ1n) is 15.4. The van der Waals surface area contributed by atoms with Crippen LogP contribution >= 0.6 is 11.8 Å². The van der Waals surface area contributed by atoms with Crippen molar-refractivity contribution in [1.29, 1.82) is 0 Å². The third kappa shape index (κ3) is 20.0. The van der Waals surface area contributed by atoms with Crippen LogP contribution in [0.15, 0.2) is 24.3 Å². The first-order chi connectivity index (χ1) is 20.3. The number of carbonyl (C=O) groups is 4. The maximum atomic E-state index is 12.6. The van der Waals surface area contributed by atoms with Crippen LogP contribution in [-0.4, -0.2) is 68.0 Å². The summed E-state index contributed by atoms with van der Waals surface area (Å²) in [6, 6.07) is 7.05. The largest absolute Gasteiger partial charge is 0.494 e. The lowest BCUT2D eigenvalue weighted by atomic mass is 10.1. The van der Waals surface area contributed by atoms with Crippen LogP contribution in [0.2, 0.25) is 0 Å². The number of hydrogen-bond donors (Lipinski definition) is 5. The summed E-state index contributed by atoms with van der Waals surface area (Å²) in [7, 11) is 0. The zero-order valence-corrected chi connectivity index (χ0v) is 26.7. The van der Waals surface area contributed by atoms with Gasteiger partial charge in [0.25, 0.3) is 5.91 Å². The fourth-order valence-corrected chi connectivity index (χ4v) is 4.54. The molecule has 0 heterocycles. The molecule has 1 atom stereocenters. The molecule has 11 heteroatoms. The van der Waals surface area contributed by atoms with Crippen molar-refractivity contribution in [2.45, 2.75) is 97.1 Å². The van der Waals surface area contributed by atoms with Crippen molar-refractivity contribution in [3.05, 3.63) is 24.3 Å². The smallest absolute Gasteiger partial charge is 0.263 e. The van der Waals surface area contributed by atoms with Crippen LogP contribution in [0.25, 0.3) is 0 Å². The summed E-state index contributed by atoms with van der Waals surface area (Å²) in [5.74, 6) is 0.0537. The number of ether oxygens (including phenoxy) is 1. The summed E-state index contributed by atoms with van der Waals surface area (Å²) in [5, 5.41) is 14.0. The fraction of sp³-hybridized carbons (Fsp3) is 0.677. The van der Waals surface area contributed by atoms with E-state index in [4.69, 9.17) is 4.74 Å². The van der Waals surface area contributed by atoms with Crippen LogP contribution in [0, 0.1) is 0 Å². The lowest BCUT2D eigenvalue weighted by Gasteiger charge is -2.21. The standard InChI is InChI=1S/C31H53N5O5S/c1-4-5-6-7-8-9-10-11-12-13-20-33-28(38)15-14-23-41-27-18-16-26(17-19-27)35-30(36-29(39)24-42-3)31(40)34-22-21-32-25(2)37/h16-19,30,35H,4-15,20-24H2,1-3H3,(H,32,37)(H,33,38)(H,34,40)(H,36,39). The van der Waals surface area contributed by atoms with E-state index in [1.807, 2.05) is 0 Å². The molecule has 0 bridgehead atoms. The van der Waals surface area contributed by atoms with Crippen LogP contribution in [0.1, 0.15) is 90.9 Å². The summed E-state index contributed by atoms with van der Waals surface area (Å²) in [6.07, 6.45) is 14.6. The van der Waals surface area contributed by atoms with Crippen molar-refractivity contribution in [1.82, 2.24) is 21.3 Å². The van der Waals surface area contributed by atoms with Gasteiger partial charge in [-0.05, 0) is 43.4 Å². The molecule has 42 heavy (non-hydrogen) atoms. The summed E-state index contributed by atoms with van der Waals surface area (Å²) >= 11 is 1.36. The summed E-state index contributed by atoms with van der Waals surface area (Å²) in [5.41, 5.74) is 0.625. The van der Waals surface area contributed by atoms with Gasteiger partial charge in [0.15, 0.2) is 6.17 Å². The van der Waals surface area contributed by atoms with E-state index in [0.717, 1.165) is 19.4 Å². The van der Waals surface area contributed by atoms with Gasteiger partial charge >= 0.3 is 0 Å². The van der Waals surface area contributed by atoms with E-state index in [0.29, 0.717) is 37.4 Å². The minimum atomic E-state index is -0.979. The lowest BCUT2D eigenvalue weighted by Crippen LogP contribution is -2.52. The first-order valence-corrected chi connectivity index (χ1v) is 16.8. The maximum absolute atomic E-state index is 12.6. The van der Waals surface area contributed by atoms with Crippen molar-refractivity contribution in [2.24, 2.45) is 0 Å². The zero-order valence-electron chi connectivity index (χ0n) is 25.9. The van der Waals surface area contributed by atoms with Gasteiger partial charge in [-0.2, -0.15) is 11.8 Å². The van der Waals surface area contributed by atoms with Gasteiger partial charge < -0.3 is 31.3 Å². The minimum absolute atomic E-state index is 0.0546. The molecule has 1 unspecified atom stereocenters. The van der Waals surface area contributed by atoms with E-state index < -0.39 is 12.1 Å². The van der Waals surface area contributed by atoms with Crippen LogP contribution < -0.4 is 31.3 Å². The summed E-state index contributed by atoms with van der Waals surface area (Å²) in [4.78, 5) is 47.8. The van der Waals surface area contributed by atoms with Crippen molar-refractivity contribution < 1.29 is 23.9 Å². The Balaban J connectivity index is 2.28. The number of amides is 4. The molecule has 0 aliphatic rings. The second-order valence-corrected chi connectivity index (χ2v) is 11.2. The number of carbonyl (C=O) groups excluding carboxylic acids is 4. The van der Waals surface area contributed by atoms with Crippen LogP contribution in [-0.2, 0) is 19.2 Å². The Morgan fingerprint density at radius 2 is 1.38 bits per heavy atom. The number of benzene rings is 1. The molecule has 0 radical (unpaired) electrons. The van der Waals surface area contributed by atoms with Crippen molar-refractivity contribution in [2.75, 3.05) is 43.6 Å². The second-order valence-electron chi connectivity index (χ2n) is 10.4. The first kappa shape index (κ1) is 37.1. The minimum Gasteiger partial charge on any atom is -0.494 e. The molecule has 0 saturated carbocycles. The van der Waals surface area contributed by atoms with Crippen molar-refractivity contribution in [3.63, 3.8) is 0 Å². The highest BCUT2D eigenvalue weighted by atomic mass is 32.2. The average Bonchev–Trinajstić information content (AvgIpc) is 2.96. The second kappa shape index (κ2) is 24.6. The highest BCUT2D eigenvalue weighted by Gasteiger charge is 2.20. The predicted molar refractivity (Wildman–Crippen MR) is 172 cm³/mol. The summed E-state index contributed by atoms with van der Waals surface area (Å²) in [6.45, 7) is 5.32. The molecule has 5 N–H and O–H groups in total. The van der Waals surface area contributed by atoms with Gasteiger partial charge in [0.2, 0.25) is 17.7 Å². The highest BCUT2D eigenvalue weighted by Crippen LogP contribution is 2.17. The SMILES string of the molecule is CCCCCCCCCCCCNC(=O)CCCOc1ccc(NC(NC(=O)CSC)C(=O)NCCNC(C)=O)cc1. The molecule has 0 saturated heterocycles. The Morgan fingerprint density at radius 1 is 0.762 bits per heavy atom. The normalized spacial score (nSPS) is 11.3. The number of anilines is 1. The van der Waals surface area contributed by atoms with Crippen LogP contribution in [0.4, 0.5) is 5.69 Å². The molecule has 1 aromatic rings. The molecule has 238 valence electrons. The molecule has 10 nitrogen and oxygen atoms in total. The van der Waals surface area contributed by atoms with E-state index in [1.165, 1.54) is 70.1 Å². The Morgan fingerprint density at radius 3 is 2.00 bits per heavy atom. The molecular weight excluding hydrogens is 554 g/mol. The topological polar surface area (TPSA) is 138 Å². The van der Waals surface area contributed by atoms with Gasteiger partial charge in [0.1, 0.15) is 5.75 Å². The third-order valence-electron chi connectivity index (χ3n) is 6.48. The van der Waals surface area contributed by atoms with Crippen LogP contribution in [0.3, 0.4) is 0 Å². The number of unbranched alkanes of at least 4 members (excludes halogenated alkanes) is 9. The summed E-state index contributed by atoms with van der Waals surface area (Å²) < 4.78 is 5.76. The van der Waals surface area contributed by atoms with E-state index in [-0.39, 0.29) is 30.0 Å². The van der Waals surface area contributed by atoms with Crippen molar-refractivity contribution >= 4 is 41.1 Å². The molecule has 0 aliphatic carbocycles. The predicted octanol–water partition coefficient (Wildman–Crippen LogP) is 4.35. The highest BCUT2D eigenvalue weighted by molar-refractivity contribution is 7.99. The molecule has 0 aromatic heterocycles. The van der Waals surface area contributed by atoms with Gasteiger partial charge in [-0.15, -0.1) is 0 Å². The number of rotatable bonds is 25. The van der Waals surface area contributed by atoms with Crippen molar-refractivity contribution in [3.8, 4) is 5.75 Å². The number of nitrogens with one attached hydrogen (secondary N) is 5. The molecule has 0 aliphatic heterocycles. The molecule has 0 fully saturated rings. The maximum Gasteiger partial charge on any atom is 0.263 e. The molecule has 1 aromatic carbocycles. The molecule has 4 amide bonds. The van der Waals surface area contributed by atoms with Gasteiger partial charge in [-0.25, -0.2) is 0 Å². The fourth-order valence-electron chi connectivity index (χ4n) is 4.19. The van der Waals surface area contributed by atoms with Gasteiger partial charge in [0.05, 0.1) is 12.4 Å². The van der Waals surface area contributed by atoms with Gasteiger partial charge in [-0.3, -0.25) is 19.2 Å². The van der Waals surface area contributed by atoms with Gasteiger partial charge in [-0.1, -0.05) is 64.7 Å². The zero-order chi connectivity index (χ0) is 30.8. The van der Waals surface area contributed by atoms with E-state index in [2.05, 4.69) is 33.5 Å². The quantitative estimate of drug-likeness (QED) is 0.0823. The van der Waals surface area contributed by atoms with Gasteiger partial charge in [0, 0.05) is 38.7 Å². The molecule has 1 rings (SSSR count). The van der Waals surface area contributed by atoms with E-state index in [9.17, 15) is 19.2 Å². The molecule has 0 spiro atoms.